The molecule has 3 rings (SSSR count). The molecular weight excluding hydrogens is 250 g/mol. The van der Waals surface area contributed by atoms with Gasteiger partial charge in [0.25, 0.3) is 0 Å². The highest BCUT2D eigenvalue weighted by atomic mass is 32.2. The van der Waals surface area contributed by atoms with Crippen LogP contribution in [-0.2, 0) is 10.8 Å². The number of nitrogens with one attached hydrogen (secondary N) is 1. The van der Waals surface area contributed by atoms with Crippen molar-refractivity contribution in [2.24, 2.45) is 0 Å². The third-order valence-corrected chi connectivity index (χ3v) is 4.99. The van der Waals surface area contributed by atoms with E-state index in [9.17, 15) is 9.32 Å². The largest absolute Gasteiger partial charge is 0.508 e. The number of rotatable bonds is 2. The van der Waals surface area contributed by atoms with Crippen LogP contribution < -0.4 is 10.1 Å². The molecule has 0 bridgehead atoms. The lowest BCUT2D eigenvalue weighted by molar-refractivity contribution is 0.291. The molecule has 98 valence electrons. The van der Waals surface area contributed by atoms with Crippen LogP contribution in [0.1, 0.15) is 24.4 Å². The van der Waals surface area contributed by atoms with Gasteiger partial charge in [-0.05, 0) is 25.0 Å². The van der Waals surface area contributed by atoms with E-state index < -0.39 is 10.8 Å². The number of hydrogen-bond donors (Lipinski definition) is 2. The van der Waals surface area contributed by atoms with Crippen LogP contribution in [0.2, 0.25) is 0 Å². The van der Waals surface area contributed by atoms with E-state index in [1.165, 1.54) is 0 Å². The van der Waals surface area contributed by atoms with Gasteiger partial charge < -0.3 is 15.2 Å². The van der Waals surface area contributed by atoms with Crippen LogP contribution >= 0.6 is 0 Å². The second kappa shape index (κ2) is 4.90. The molecule has 2 heterocycles. The molecule has 1 aromatic carbocycles. The summed E-state index contributed by atoms with van der Waals surface area (Å²) in [5.74, 6) is 2.61. The van der Waals surface area contributed by atoms with E-state index >= 15 is 0 Å². The first-order valence-electron chi connectivity index (χ1n) is 6.29. The van der Waals surface area contributed by atoms with Gasteiger partial charge in [-0.2, -0.15) is 0 Å². The van der Waals surface area contributed by atoms with Crippen molar-refractivity contribution in [1.29, 1.82) is 0 Å². The summed E-state index contributed by atoms with van der Waals surface area (Å²) in [5, 5.41) is 13.0. The average molecular weight is 267 g/mol. The van der Waals surface area contributed by atoms with Gasteiger partial charge >= 0.3 is 0 Å². The first-order chi connectivity index (χ1) is 8.72. The second-order valence-electron chi connectivity index (χ2n) is 4.87. The summed E-state index contributed by atoms with van der Waals surface area (Å²) in [6.45, 7) is 0.609. The molecular formula is C13H17NO3S. The van der Waals surface area contributed by atoms with Gasteiger partial charge in [-0.1, -0.05) is 0 Å². The topological polar surface area (TPSA) is 58.6 Å². The summed E-state index contributed by atoms with van der Waals surface area (Å²) in [5.41, 5.74) is 1.11. The fourth-order valence-corrected chi connectivity index (χ4v) is 3.88. The molecule has 0 saturated carbocycles. The van der Waals surface area contributed by atoms with Crippen LogP contribution in [-0.4, -0.2) is 33.5 Å². The first-order valence-corrected chi connectivity index (χ1v) is 7.78. The number of aromatic hydroxyl groups is 1. The molecule has 2 N–H and O–H groups in total. The fourth-order valence-electron chi connectivity index (χ4n) is 2.58. The predicted molar refractivity (Wildman–Crippen MR) is 70.4 cm³/mol. The zero-order valence-corrected chi connectivity index (χ0v) is 10.9. The Bertz CT molecular complexity index is 467. The third-order valence-electron chi connectivity index (χ3n) is 3.60. The molecule has 2 aliphatic heterocycles. The predicted octanol–water partition coefficient (Wildman–Crippen LogP) is 1.33. The minimum Gasteiger partial charge on any atom is -0.508 e. The van der Waals surface area contributed by atoms with Crippen molar-refractivity contribution in [3.05, 3.63) is 23.8 Å². The molecule has 0 aromatic heterocycles. The van der Waals surface area contributed by atoms with Gasteiger partial charge in [-0.15, -0.1) is 0 Å². The van der Waals surface area contributed by atoms with Crippen LogP contribution in [0, 0.1) is 0 Å². The van der Waals surface area contributed by atoms with Crippen molar-refractivity contribution in [1.82, 2.24) is 5.32 Å². The highest BCUT2D eigenvalue weighted by Crippen LogP contribution is 2.35. The zero-order chi connectivity index (χ0) is 12.5. The highest BCUT2D eigenvalue weighted by Gasteiger charge is 2.28. The van der Waals surface area contributed by atoms with Crippen molar-refractivity contribution in [2.75, 3.05) is 18.1 Å². The number of hydrogen-bond acceptors (Lipinski definition) is 4. The van der Waals surface area contributed by atoms with Gasteiger partial charge in [0, 0.05) is 40.0 Å². The van der Waals surface area contributed by atoms with Gasteiger partial charge in [-0.25, -0.2) is 0 Å². The molecule has 1 unspecified atom stereocenters. The smallest absolute Gasteiger partial charge is 0.127 e. The zero-order valence-electron chi connectivity index (χ0n) is 10.1. The van der Waals surface area contributed by atoms with Gasteiger partial charge in [0.05, 0.1) is 6.04 Å². The summed E-state index contributed by atoms with van der Waals surface area (Å²) < 4.78 is 16.9. The van der Waals surface area contributed by atoms with Crippen molar-refractivity contribution in [2.45, 2.75) is 24.9 Å². The molecule has 18 heavy (non-hydrogen) atoms. The lowest BCUT2D eigenvalue weighted by atomic mass is 10.1. The number of benzene rings is 1. The molecule has 0 aliphatic carbocycles. The van der Waals surface area contributed by atoms with Crippen molar-refractivity contribution in [3.8, 4) is 11.5 Å². The van der Waals surface area contributed by atoms with E-state index in [4.69, 9.17) is 4.74 Å². The molecule has 0 amide bonds. The molecule has 1 atom stereocenters. The summed E-state index contributed by atoms with van der Waals surface area (Å²) in [7, 11) is -0.617. The standard InChI is InChI=1S/C13H17NO3S/c15-10-1-2-11-12(8-17-13(11)7-10)14-9-3-5-18(16)6-4-9/h1-2,7,9,12,14-15H,3-6,8H2. The van der Waals surface area contributed by atoms with Gasteiger partial charge in [-0.3, -0.25) is 4.21 Å². The maximum absolute atomic E-state index is 11.3. The minimum absolute atomic E-state index is 0.192. The van der Waals surface area contributed by atoms with Crippen LogP contribution in [0.4, 0.5) is 0 Å². The Hall–Kier alpha value is -1.07. The number of ether oxygens (including phenoxy) is 1. The van der Waals surface area contributed by atoms with E-state index in [0.29, 0.717) is 12.6 Å². The van der Waals surface area contributed by atoms with Crippen molar-refractivity contribution < 1.29 is 14.1 Å². The Morgan fingerprint density at radius 2 is 2.11 bits per heavy atom. The normalized spacial score (nSPS) is 30.8. The van der Waals surface area contributed by atoms with Gasteiger partial charge in [0.15, 0.2) is 0 Å². The molecule has 0 spiro atoms. The molecule has 4 nitrogen and oxygen atoms in total. The third kappa shape index (κ3) is 2.37. The first kappa shape index (κ1) is 12.0. The molecule has 5 heteroatoms. The number of fused-ring (bicyclic) bond motifs is 1. The highest BCUT2D eigenvalue weighted by molar-refractivity contribution is 7.85. The maximum Gasteiger partial charge on any atom is 0.127 e. The van der Waals surface area contributed by atoms with Gasteiger partial charge in [0.2, 0.25) is 0 Å². The van der Waals surface area contributed by atoms with Crippen molar-refractivity contribution in [3.63, 3.8) is 0 Å². The van der Waals surface area contributed by atoms with Crippen LogP contribution in [0.25, 0.3) is 0 Å². The summed E-state index contributed by atoms with van der Waals surface area (Å²) in [6.07, 6.45) is 1.94. The lowest BCUT2D eigenvalue weighted by Crippen LogP contribution is -2.38. The Morgan fingerprint density at radius 3 is 2.89 bits per heavy atom. The Balaban J connectivity index is 1.67. The summed E-state index contributed by atoms with van der Waals surface area (Å²) in [6, 6.07) is 5.88. The Labute approximate surface area is 109 Å². The number of phenols is 1. The van der Waals surface area contributed by atoms with E-state index in [1.54, 1.807) is 12.1 Å². The Morgan fingerprint density at radius 1 is 1.33 bits per heavy atom. The average Bonchev–Trinajstić information content (AvgIpc) is 2.74. The minimum atomic E-state index is -0.617. The fraction of sp³-hybridized carbons (Fsp3) is 0.538. The molecule has 2 aliphatic rings. The summed E-state index contributed by atoms with van der Waals surface area (Å²) in [4.78, 5) is 0. The van der Waals surface area contributed by atoms with Crippen LogP contribution in [0.5, 0.6) is 11.5 Å². The van der Waals surface area contributed by atoms with E-state index in [0.717, 1.165) is 35.7 Å². The number of phenolic OH excluding ortho intramolecular Hbond substituents is 1. The molecule has 1 fully saturated rings. The van der Waals surface area contributed by atoms with E-state index in [1.807, 2.05) is 6.07 Å². The van der Waals surface area contributed by atoms with Crippen LogP contribution in [0.3, 0.4) is 0 Å². The van der Waals surface area contributed by atoms with Crippen LogP contribution in [0.15, 0.2) is 18.2 Å². The quantitative estimate of drug-likeness (QED) is 0.848. The lowest BCUT2D eigenvalue weighted by Gasteiger charge is -2.25. The molecule has 0 radical (unpaired) electrons. The van der Waals surface area contributed by atoms with Gasteiger partial charge in [0.1, 0.15) is 18.1 Å². The van der Waals surface area contributed by atoms with E-state index in [2.05, 4.69) is 5.32 Å². The summed E-state index contributed by atoms with van der Waals surface area (Å²) >= 11 is 0. The second-order valence-corrected chi connectivity index (χ2v) is 6.57. The SMILES string of the molecule is O=S1CCC(NC2COc3cc(O)ccc32)CC1. The Kier molecular flexibility index (Phi) is 3.26. The molecule has 1 aromatic rings. The maximum atomic E-state index is 11.3. The molecule has 1 saturated heterocycles. The van der Waals surface area contributed by atoms with Crippen molar-refractivity contribution >= 4 is 10.8 Å². The van der Waals surface area contributed by atoms with E-state index in [-0.39, 0.29) is 11.8 Å². The monoisotopic (exact) mass is 267 g/mol.